The molecule has 0 N–H and O–H groups in total. The van der Waals surface area contributed by atoms with Crippen LogP contribution in [0.3, 0.4) is 0 Å². The van der Waals surface area contributed by atoms with Crippen molar-refractivity contribution in [2.24, 2.45) is 10.2 Å². The molecule has 0 saturated heterocycles. The summed E-state index contributed by atoms with van der Waals surface area (Å²) in [4.78, 5) is 6.61. The number of hydrogen-bond acceptors (Lipinski definition) is 6. The minimum atomic E-state index is 0.558. The molecule has 2 aromatic carbocycles. The molecular weight excluding hydrogens is 318 g/mol. The van der Waals surface area contributed by atoms with Crippen LogP contribution in [-0.2, 0) is 0 Å². The van der Waals surface area contributed by atoms with Gasteiger partial charge in [-0.25, -0.2) is 0 Å². The molecule has 1 heterocycles. The smallest absolute Gasteiger partial charge is 0.249 e. The Morgan fingerprint density at radius 3 is 2.58 bits per heavy atom. The summed E-state index contributed by atoms with van der Waals surface area (Å²) in [6.45, 7) is 5.13. The van der Waals surface area contributed by atoms with Gasteiger partial charge in [0.25, 0.3) is 0 Å². The van der Waals surface area contributed by atoms with E-state index in [1.165, 1.54) is 17.2 Å². The Kier molecular flexibility index (Phi) is 4.96. The Labute approximate surface area is 145 Å². The van der Waals surface area contributed by atoms with Crippen molar-refractivity contribution in [1.82, 2.24) is 9.36 Å². The first-order chi connectivity index (χ1) is 11.7. The van der Waals surface area contributed by atoms with E-state index in [4.69, 9.17) is 0 Å². The highest BCUT2D eigenvalue weighted by molar-refractivity contribution is 7.09. The molecule has 0 fully saturated rings. The molecule has 0 aliphatic carbocycles. The topological polar surface area (TPSA) is 53.7 Å². The first kappa shape index (κ1) is 16.3. The van der Waals surface area contributed by atoms with Gasteiger partial charge in [-0.1, -0.05) is 30.3 Å². The van der Waals surface area contributed by atoms with Gasteiger partial charge in [0, 0.05) is 36.4 Å². The van der Waals surface area contributed by atoms with Gasteiger partial charge in [-0.3, -0.25) is 0 Å². The van der Waals surface area contributed by atoms with Crippen LogP contribution in [0.1, 0.15) is 12.5 Å². The van der Waals surface area contributed by atoms with Gasteiger partial charge >= 0.3 is 0 Å². The minimum Gasteiger partial charge on any atom is -0.375 e. The van der Waals surface area contributed by atoms with Gasteiger partial charge in [0.1, 0.15) is 0 Å². The molecule has 3 rings (SSSR count). The number of benzene rings is 2. The number of aryl methyl sites for hydroxylation is 1. The average Bonchev–Trinajstić information content (AvgIpc) is 3.09. The van der Waals surface area contributed by atoms with E-state index in [2.05, 4.69) is 50.6 Å². The molecule has 6 heteroatoms. The van der Waals surface area contributed by atoms with Crippen LogP contribution in [0, 0.1) is 6.92 Å². The zero-order valence-electron chi connectivity index (χ0n) is 14.0. The van der Waals surface area contributed by atoms with Crippen molar-refractivity contribution in [3.63, 3.8) is 0 Å². The summed E-state index contributed by atoms with van der Waals surface area (Å²) in [5.41, 5.74) is 4.10. The maximum atomic E-state index is 4.42. The second-order valence-electron chi connectivity index (χ2n) is 5.45. The van der Waals surface area contributed by atoms with Crippen molar-refractivity contribution < 1.29 is 0 Å². The summed E-state index contributed by atoms with van der Waals surface area (Å²) in [5, 5.41) is 9.12. The molecular formula is C18H19N5S. The Balaban J connectivity index is 1.78. The van der Waals surface area contributed by atoms with Gasteiger partial charge in [0.15, 0.2) is 5.82 Å². The number of nitrogens with zero attached hydrogens (tertiary/aromatic N) is 5. The molecule has 0 aliphatic heterocycles. The SMILES string of the molecule is CCN(C)c1ccc(N=Nc2nc(-c3ccccc3)ns2)c(C)c1. The molecule has 24 heavy (non-hydrogen) atoms. The second-order valence-corrected chi connectivity index (χ2v) is 6.18. The normalized spacial score (nSPS) is 11.1. The van der Waals surface area contributed by atoms with Crippen LogP contribution in [0.25, 0.3) is 11.4 Å². The molecule has 0 unspecified atom stereocenters. The zero-order chi connectivity index (χ0) is 16.9. The van der Waals surface area contributed by atoms with Gasteiger partial charge in [-0.2, -0.15) is 9.36 Å². The average molecular weight is 337 g/mol. The third-order valence-electron chi connectivity index (χ3n) is 3.79. The fourth-order valence-corrected chi connectivity index (χ4v) is 2.75. The van der Waals surface area contributed by atoms with Crippen molar-refractivity contribution in [3.05, 3.63) is 54.1 Å². The standard InChI is InChI=1S/C18H19N5S/c1-4-23(3)15-10-11-16(13(2)12-15)20-21-18-19-17(22-24-18)14-8-6-5-7-9-14/h5-12H,4H2,1-3H3. The number of azo groups is 1. The number of anilines is 1. The van der Waals surface area contributed by atoms with Crippen molar-refractivity contribution in [3.8, 4) is 11.4 Å². The summed E-state index contributed by atoms with van der Waals surface area (Å²) in [5.74, 6) is 0.686. The third kappa shape index (κ3) is 3.65. The van der Waals surface area contributed by atoms with Gasteiger partial charge < -0.3 is 4.90 Å². The van der Waals surface area contributed by atoms with Crippen LogP contribution in [0.2, 0.25) is 0 Å². The van der Waals surface area contributed by atoms with E-state index < -0.39 is 0 Å². The summed E-state index contributed by atoms with van der Waals surface area (Å²) < 4.78 is 4.34. The highest BCUT2D eigenvalue weighted by Crippen LogP contribution is 2.28. The lowest BCUT2D eigenvalue weighted by molar-refractivity contribution is 0.966. The predicted molar refractivity (Wildman–Crippen MR) is 99.6 cm³/mol. The van der Waals surface area contributed by atoms with E-state index in [0.29, 0.717) is 11.0 Å². The molecule has 122 valence electrons. The lowest BCUT2D eigenvalue weighted by Gasteiger charge is -2.17. The van der Waals surface area contributed by atoms with Crippen molar-refractivity contribution in [1.29, 1.82) is 0 Å². The molecule has 0 bridgehead atoms. The van der Waals surface area contributed by atoms with Gasteiger partial charge in [0.2, 0.25) is 5.13 Å². The van der Waals surface area contributed by atoms with E-state index in [0.717, 1.165) is 23.4 Å². The molecule has 0 spiro atoms. The lowest BCUT2D eigenvalue weighted by Crippen LogP contribution is -2.15. The number of rotatable bonds is 5. The maximum Gasteiger partial charge on any atom is 0.249 e. The molecule has 3 aromatic rings. The Bertz CT molecular complexity index is 842. The molecule has 5 nitrogen and oxygen atoms in total. The van der Waals surface area contributed by atoms with E-state index in [9.17, 15) is 0 Å². The van der Waals surface area contributed by atoms with Crippen molar-refractivity contribution >= 4 is 28.0 Å². The first-order valence-electron chi connectivity index (χ1n) is 7.80. The minimum absolute atomic E-state index is 0.558. The summed E-state index contributed by atoms with van der Waals surface area (Å²) in [6, 6.07) is 16.0. The summed E-state index contributed by atoms with van der Waals surface area (Å²) >= 11 is 1.25. The third-order valence-corrected chi connectivity index (χ3v) is 4.39. The first-order valence-corrected chi connectivity index (χ1v) is 8.57. The summed E-state index contributed by atoms with van der Waals surface area (Å²) in [7, 11) is 2.07. The van der Waals surface area contributed by atoms with Crippen molar-refractivity contribution in [2.75, 3.05) is 18.5 Å². The van der Waals surface area contributed by atoms with Crippen molar-refractivity contribution in [2.45, 2.75) is 13.8 Å². The van der Waals surface area contributed by atoms with E-state index in [1.807, 2.05) is 43.3 Å². The molecule has 0 amide bonds. The summed E-state index contributed by atoms with van der Waals surface area (Å²) in [6.07, 6.45) is 0. The predicted octanol–water partition coefficient (Wildman–Crippen LogP) is 5.39. The van der Waals surface area contributed by atoms with Crippen LogP contribution in [0.5, 0.6) is 0 Å². The van der Waals surface area contributed by atoms with E-state index in [-0.39, 0.29) is 0 Å². The largest absolute Gasteiger partial charge is 0.375 e. The maximum absolute atomic E-state index is 4.42. The molecule has 0 radical (unpaired) electrons. The fraction of sp³-hybridized carbons (Fsp3) is 0.222. The van der Waals surface area contributed by atoms with Gasteiger partial charge in [0.05, 0.1) is 5.69 Å². The Morgan fingerprint density at radius 1 is 1.08 bits per heavy atom. The van der Waals surface area contributed by atoms with Crippen LogP contribution in [0.15, 0.2) is 58.8 Å². The lowest BCUT2D eigenvalue weighted by atomic mass is 10.2. The highest BCUT2D eigenvalue weighted by Gasteiger charge is 2.06. The fourth-order valence-electron chi connectivity index (χ4n) is 2.23. The highest BCUT2D eigenvalue weighted by atomic mass is 32.1. The van der Waals surface area contributed by atoms with Gasteiger partial charge in [-0.05, 0) is 37.6 Å². The Morgan fingerprint density at radius 2 is 1.88 bits per heavy atom. The van der Waals surface area contributed by atoms with Crippen LogP contribution >= 0.6 is 11.5 Å². The number of hydrogen-bond donors (Lipinski definition) is 0. The monoisotopic (exact) mass is 337 g/mol. The molecule has 1 aromatic heterocycles. The molecule has 0 saturated carbocycles. The Hall–Kier alpha value is -2.60. The van der Waals surface area contributed by atoms with E-state index in [1.54, 1.807) is 0 Å². The zero-order valence-corrected chi connectivity index (χ0v) is 14.8. The quantitative estimate of drug-likeness (QED) is 0.587. The van der Waals surface area contributed by atoms with Crippen LogP contribution in [-0.4, -0.2) is 22.9 Å². The van der Waals surface area contributed by atoms with Crippen LogP contribution in [0.4, 0.5) is 16.5 Å². The number of aromatic nitrogens is 2. The van der Waals surface area contributed by atoms with E-state index >= 15 is 0 Å². The van der Waals surface area contributed by atoms with Crippen LogP contribution < -0.4 is 4.90 Å². The molecule has 0 atom stereocenters. The van der Waals surface area contributed by atoms with Gasteiger partial charge in [-0.15, -0.1) is 10.2 Å². The second kappa shape index (κ2) is 7.31. The molecule has 0 aliphatic rings.